The number of hydrogen-bond donors (Lipinski definition) is 2. The van der Waals surface area contributed by atoms with Crippen molar-refractivity contribution in [2.45, 2.75) is 18.9 Å². The molecule has 0 aromatic heterocycles. The van der Waals surface area contributed by atoms with E-state index in [-0.39, 0.29) is 59.1 Å². The molecule has 0 saturated carbocycles. The van der Waals surface area contributed by atoms with Crippen molar-refractivity contribution < 1.29 is 98.7 Å². The molecular formula is C9H11NNa2O8. The molecule has 0 aromatic carbocycles. The summed E-state index contributed by atoms with van der Waals surface area (Å²) in [6, 6.07) is -1.62. The minimum atomic E-state index is -1.74. The Balaban J connectivity index is -0.00000144. The molecule has 0 aliphatic rings. The van der Waals surface area contributed by atoms with Gasteiger partial charge in [-0.05, 0) is 12.8 Å². The number of carboxylic acids is 4. The van der Waals surface area contributed by atoms with Crippen molar-refractivity contribution in [1.29, 1.82) is 0 Å². The summed E-state index contributed by atoms with van der Waals surface area (Å²) in [4.78, 5) is 42.5. The minimum absolute atomic E-state index is 0. The van der Waals surface area contributed by atoms with Crippen LogP contribution in [-0.4, -0.2) is 58.1 Å². The average Bonchev–Trinajstić information content (AvgIpc) is 2.14. The second-order valence-corrected chi connectivity index (χ2v) is 3.44. The van der Waals surface area contributed by atoms with Gasteiger partial charge in [0, 0.05) is 5.97 Å². The fraction of sp³-hybridized carbons (Fsp3) is 0.556. The molecular weight excluding hydrogens is 296 g/mol. The normalized spacial score (nSPS) is 10.8. The molecule has 0 radical (unpaired) electrons. The van der Waals surface area contributed by atoms with Gasteiger partial charge in [0.05, 0.1) is 25.1 Å². The van der Waals surface area contributed by atoms with E-state index in [0.717, 1.165) is 0 Å². The third kappa shape index (κ3) is 11.6. The first kappa shape index (κ1) is 24.8. The van der Waals surface area contributed by atoms with Crippen molar-refractivity contribution in [2.75, 3.05) is 13.1 Å². The predicted molar refractivity (Wildman–Crippen MR) is 49.9 cm³/mol. The van der Waals surface area contributed by atoms with Crippen LogP contribution in [0.4, 0.5) is 0 Å². The second-order valence-electron chi connectivity index (χ2n) is 3.44. The number of hydrogen-bond acceptors (Lipinski definition) is 7. The molecule has 2 N–H and O–H groups in total. The van der Waals surface area contributed by atoms with Crippen LogP contribution in [-0.2, 0) is 19.2 Å². The molecule has 0 spiro atoms. The van der Waals surface area contributed by atoms with Crippen LogP contribution >= 0.6 is 0 Å². The Hall–Kier alpha value is -0.160. The summed E-state index contributed by atoms with van der Waals surface area (Å²) in [5.74, 6) is -6.13. The third-order valence-corrected chi connectivity index (χ3v) is 2.01. The Labute approximate surface area is 158 Å². The molecule has 0 bridgehead atoms. The standard InChI is InChI=1S/C9H13NO8.2Na/c11-6(12)2-1-5(9(17)18)10(3-7(13)14)4-8(15)16;;/h5H,1-4H2,(H,11,12)(H,13,14)(H,15,16)(H,17,18);;/q;2*+1/p-2. The van der Waals surface area contributed by atoms with E-state index < -0.39 is 55.9 Å². The summed E-state index contributed by atoms with van der Waals surface area (Å²) in [5, 5.41) is 38.0. The van der Waals surface area contributed by atoms with E-state index in [0.29, 0.717) is 4.90 Å². The van der Waals surface area contributed by atoms with Crippen LogP contribution in [0, 0.1) is 0 Å². The summed E-state index contributed by atoms with van der Waals surface area (Å²) in [7, 11) is 0. The molecule has 0 saturated heterocycles. The summed E-state index contributed by atoms with van der Waals surface area (Å²) in [5.41, 5.74) is 0. The number of carbonyl (C=O) groups is 4. The maximum Gasteiger partial charge on any atom is 1.00 e. The third-order valence-electron chi connectivity index (χ3n) is 2.01. The maximum atomic E-state index is 10.8. The van der Waals surface area contributed by atoms with Crippen molar-refractivity contribution in [3.63, 3.8) is 0 Å². The van der Waals surface area contributed by atoms with Crippen LogP contribution in [0.5, 0.6) is 0 Å². The van der Waals surface area contributed by atoms with Crippen LogP contribution in [0.15, 0.2) is 0 Å². The van der Waals surface area contributed by atoms with E-state index >= 15 is 0 Å². The van der Waals surface area contributed by atoms with Gasteiger partial charge in [-0.25, -0.2) is 0 Å². The monoisotopic (exact) mass is 307 g/mol. The van der Waals surface area contributed by atoms with Crippen molar-refractivity contribution in [1.82, 2.24) is 4.90 Å². The van der Waals surface area contributed by atoms with E-state index in [4.69, 9.17) is 10.2 Å². The van der Waals surface area contributed by atoms with Gasteiger partial charge in [0.25, 0.3) is 0 Å². The Morgan fingerprint density at radius 3 is 1.60 bits per heavy atom. The van der Waals surface area contributed by atoms with Crippen LogP contribution in [0.3, 0.4) is 0 Å². The number of aliphatic carboxylic acids is 4. The van der Waals surface area contributed by atoms with Crippen molar-refractivity contribution in [2.24, 2.45) is 0 Å². The molecule has 0 aliphatic carbocycles. The van der Waals surface area contributed by atoms with E-state index in [1.165, 1.54) is 0 Å². The molecule has 0 rings (SSSR count). The minimum Gasteiger partial charge on any atom is -0.550 e. The van der Waals surface area contributed by atoms with Gasteiger partial charge in [-0.1, -0.05) is 0 Å². The number of carbonyl (C=O) groups excluding carboxylic acids is 2. The van der Waals surface area contributed by atoms with Crippen molar-refractivity contribution >= 4 is 23.9 Å². The molecule has 1 atom stereocenters. The molecule has 0 fully saturated rings. The van der Waals surface area contributed by atoms with Gasteiger partial charge < -0.3 is 30.0 Å². The number of rotatable bonds is 9. The first-order chi connectivity index (χ1) is 8.23. The van der Waals surface area contributed by atoms with E-state index in [2.05, 4.69) is 0 Å². The molecule has 0 aliphatic heterocycles. The summed E-state index contributed by atoms with van der Waals surface area (Å²) < 4.78 is 0. The van der Waals surface area contributed by atoms with Gasteiger partial charge in [0.1, 0.15) is 0 Å². The topological polar surface area (TPSA) is 158 Å². The molecule has 0 aromatic rings. The van der Waals surface area contributed by atoms with Gasteiger partial charge in [0.15, 0.2) is 0 Å². The zero-order chi connectivity index (χ0) is 14.3. The largest absolute Gasteiger partial charge is 1.00 e. The molecule has 102 valence electrons. The fourth-order valence-corrected chi connectivity index (χ4v) is 1.33. The SMILES string of the molecule is O=C([O-])CCC(C(=O)[O-])N(CC(=O)O)CC(=O)O.[Na+].[Na+]. The quantitative estimate of drug-likeness (QED) is 0.394. The Bertz CT molecular complexity index is 346. The molecule has 11 heteroatoms. The molecule has 1 unspecified atom stereocenters. The van der Waals surface area contributed by atoms with Crippen molar-refractivity contribution in [3.05, 3.63) is 0 Å². The van der Waals surface area contributed by atoms with Gasteiger partial charge >= 0.3 is 71.1 Å². The van der Waals surface area contributed by atoms with Gasteiger partial charge in [-0.15, -0.1) is 0 Å². The summed E-state index contributed by atoms with van der Waals surface area (Å²) in [6.07, 6.45) is -1.14. The molecule has 9 nitrogen and oxygen atoms in total. The average molecular weight is 307 g/mol. The zero-order valence-electron chi connectivity index (χ0n) is 11.2. The first-order valence-corrected chi connectivity index (χ1v) is 4.82. The second kappa shape index (κ2) is 12.6. The number of carboxylic acid groups (broad SMARTS) is 4. The van der Waals surface area contributed by atoms with E-state index in [1.807, 2.05) is 0 Å². The van der Waals surface area contributed by atoms with Crippen LogP contribution in [0.1, 0.15) is 12.8 Å². The predicted octanol–water partition coefficient (Wildman–Crippen LogP) is -9.89. The fourth-order valence-electron chi connectivity index (χ4n) is 1.33. The van der Waals surface area contributed by atoms with E-state index in [9.17, 15) is 29.4 Å². The molecule has 0 amide bonds. The zero-order valence-corrected chi connectivity index (χ0v) is 15.2. The first-order valence-electron chi connectivity index (χ1n) is 4.82. The Kier molecular flexibility index (Phi) is 15.6. The van der Waals surface area contributed by atoms with E-state index in [1.54, 1.807) is 0 Å². The van der Waals surface area contributed by atoms with Crippen molar-refractivity contribution in [3.8, 4) is 0 Å². The Morgan fingerprint density at radius 2 is 1.35 bits per heavy atom. The molecule has 20 heavy (non-hydrogen) atoms. The Morgan fingerprint density at radius 1 is 0.950 bits per heavy atom. The van der Waals surface area contributed by atoms with Crippen LogP contribution in [0.2, 0.25) is 0 Å². The molecule has 0 heterocycles. The van der Waals surface area contributed by atoms with Crippen LogP contribution < -0.4 is 69.3 Å². The summed E-state index contributed by atoms with van der Waals surface area (Å²) in [6.45, 7) is -1.70. The van der Waals surface area contributed by atoms with Crippen LogP contribution in [0.25, 0.3) is 0 Å². The summed E-state index contributed by atoms with van der Waals surface area (Å²) >= 11 is 0. The number of nitrogens with zero attached hydrogens (tertiary/aromatic N) is 1. The maximum absolute atomic E-state index is 10.8. The van der Waals surface area contributed by atoms with Gasteiger partial charge in [0.2, 0.25) is 0 Å². The van der Waals surface area contributed by atoms with Gasteiger partial charge in [-0.3, -0.25) is 14.5 Å². The smallest absolute Gasteiger partial charge is 0.550 e. The van der Waals surface area contributed by atoms with Gasteiger partial charge in [-0.2, -0.15) is 0 Å².